The van der Waals surface area contributed by atoms with Crippen LogP contribution in [-0.2, 0) is 9.47 Å². The molecule has 0 radical (unpaired) electrons. The maximum absolute atomic E-state index is 5.66. The Morgan fingerprint density at radius 2 is 1.50 bits per heavy atom. The maximum Gasteiger partial charge on any atom is 0.187 e. The van der Waals surface area contributed by atoms with Crippen molar-refractivity contribution in [3.05, 3.63) is 0 Å². The molecule has 1 aliphatic heterocycles. The zero-order valence-corrected chi connectivity index (χ0v) is 10.6. The first-order chi connectivity index (χ1) is 5.54. The second-order valence-electron chi connectivity index (χ2n) is 3.92. The highest BCUT2D eigenvalue weighted by atomic mass is 79.9. The highest BCUT2D eigenvalue weighted by Gasteiger charge is 2.38. The minimum absolute atomic E-state index is 0.147. The van der Waals surface area contributed by atoms with E-state index in [1.165, 1.54) is 0 Å². The normalized spacial score (nSPS) is 27.0. The minimum atomic E-state index is -0.449. The molecule has 0 aromatic heterocycles. The molecule has 1 saturated heterocycles. The van der Waals surface area contributed by atoms with Crippen LogP contribution < -0.4 is 0 Å². The first-order valence-corrected chi connectivity index (χ1v) is 6.18. The number of rotatable bonds is 2. The molecule has 1 rings (SSSR count). The molecule has 0 aromatic rings. The average Bonchev–Trinajstić information content (AvgIpc) is 2.06. The lowest BCUT2D eigenvalue weighted by molar-refractivity contribution is -0.272. The number of ether oxygens (including phenoxy) is 2. The zero-order chi connectivity index (χ0) is 9.24. The van der Waals surface area contributed by atoms with Crippen molar-refractivity contribution in [1.29, 1.82) is 0 Å². The van der Waals surface area contributed by atoms with Crippen LogP contribution in [-0.4, -0.2) is 29.7 Å². The van der Waals surface area contributed by atoms with Gasteiger partial charge in [-0.15, -0.1) is 0 Å². The summed E-state index contributed by atoms with van der Waals surface area (Å²) in [6.45, 7) is 5.78. The second-order valence-corrected chi connectivity index (χ2v) is 5.04. The smallest absolute Gasteiger partial charge is 0.187 e. The van der Waals surface area contributed by atoms with Crippen LogP contribution in [0.2, 0.25) is 0 Å². The van der Waals surface area contributed by atoms with Crippen molar-refractivity contribution in [2.45, 2.75) is 19.6 Å². The topological polar surface area (TPSA) is 18.5 Å². The lowest BCUT2D eigenvalue weighted by Crippen LogP contribution is -2.49. The van der Waals surface area contributed by atoms with Crippen molar-refractivity contribution in [3.8, 4) is 0 Å². The van der Waals surface area contributed by atoms with Gasteiger partial charge >= 0.3 is 0 Å². The first-order valence-electron chi connectivity index (χ1n) is 3.93. The third-order valence-electron chi connectivity index (χ3n) is 1.86. The minimum Gasteiger partial charge on any atom is -0.348 e. The van der Waals surface area contributed by atoms with Gasteiger partial charge in [-0.3, -0.25) is 0 Å². The van der Waals surface area contributed by atoms with Crippen molar-refractivity contribution in [2.75, 3.05) is 23.9 Å². The highest BCUT2D eigenvalue weighted by molar-refractivity contribution is 9.09. The summed E-state index contributed by atoms with van der Waals surface area (Å²) in [4.78, 5) is 0. The summed E-state index contributed by atoms with van der Waals surface area (Å²) in [6.07, 6.45) is 0. The molecule has 2 nitrogen and oxygen atoms in total. The van der Waals surface area contributed by atoms with Crippen molar-refractivity contribution in [2.24, 2.45) is 5.41 Å². The molecule has 72 valence electrons. The Balaban J connectivity index is 2.53. The van der Waals surface area contributed by atoms with E-state index in [0.717, 1.165) is 13.2 Å². The van der Waals surface area contributed by atoms with Crippen molar-refractivity contribution in [3.63, 3.8) is 0 Å². The molecular weight excluding hydrogens is 288 g/mol. The Kier molecular flexibility index (Phi) is 3.60. The number of hydrogen-bond donors (Lipinski definition) is 0. The van der Waals surface area contributed by atoms with Gasteiger partial charge in [0.25, 0.3) is 0 Å². The predicted octanol–water partition coefficient (Wildman–Crippen LogP) is 2.55. The van der Waals surface area contributed by atoms with Gasteiger partial charge in [0.1, 0.15) is 0 Å². The van der Waals surface area contributed by atoms with E-state index in [-0.39, 0.29) is 5.41 Å². The fourth-order valence-corrected chi connectivity index (χ4v) is 2.50. The third kappa shape index (κ3) is 2.44. The van der Waals surface area contributed by atoms with Crippen LogP contribution in [0.3, 0.4) is 0 Å². The molecule has 0 saturated carbocycles. The predicted molar refractivity (Wildman–Crippen MR) is 56.0 cm³/mol. The summed E-state index contributed by atoms with van der Waals surface area (Å²) in [5.74, 6) is -0.449. The summed E-state index contributed by atoms with van der Waals surface area (Å²) in [5, 5.41) is 1.42. The van der Waals surface area contributed by atoms with Gasteiger partial charge in [0, 0.05) is 5.41 Å². The monoisotopic (exact) mass is 300 g/mol. The zero-order valence-electron chi connectivity index (χ0n) is 7.40. The van der Waals surface area contributed by atoms with Gasteiger partial charge in [0.05, 0.1) is 23.9 Å². The largest absolute Gasteiger partial charge is 0.348 e. The van der Waals surface area contributed by atoms with Gasteiger partial charge < -0.3 is 9.47 Å². The lowest BCUT2D eigenvalue weighted by atomic mass is 9.95. The molecule has 1 fully saturated rings. The van der Waals surface area contributed by atoms with E-state index in [0.29, 0.717) is 10.7 Å². The summed E-state index contributed by atoms with van der Waals surface area (Å²) < 4.78 is 11.3. The Bertz CT molecular complexity index is 143. The fourth-order valence-electron chi connectivity index (χ4n) is 0.927. The van der Waals surface area contributed by atoms with Gasteiger partial charge in [0.15, 0.2) is 5.79 Å². The first kappa shape index (κ1) is 11.0. The molecule has 0 bridgehead atoms. The van der Waals surface area contributed by atoms with Crippen molar-refractivity contribution >= 4 is 31.9 Å². The SMILES string of the molecule is CC1(C)COC(CBr)(CBr)OC1. The fraction of sp³-hybridized carbons (Fsp3) is 1.00. The number of alkyl halides is 2. The van der Waals surface area contributed by atoms with Crippen molar-refractivity contribution in [1.82, 2.24) is 0 Å². The number of halogens is 2. The second kappa shape index (κ2) is 3.95. The average molecular weight is 302 g/mol. The van der Waals surface area contributed by atoms with Gasteiger partial charge in [-0.05, 0) is 0 Å². The molecule has 0 aliphatic carbocycles. The van der Waals surface area contributed by atoms with Crippen LogP contribution in [0, 0.1) is 5.41 Å². The standard InChI is InChI=1S/C8H14Br2O2/c1-7(2)5-11-8(3-9,4-10)12-6-7/h3-6H2,1-2H3. The Hall–Kier alpha value is 0.880. The Morgan fingerprint density at radius 3 is 1.83 bits per heavy atom. The molecule has 0 amide bonds. The lowest BCUT2D eigenvalue weighted by Gasteiger charge is -2.41. The molecule has 1 aliphatic rings. The summed E-state index contributed by atoms with van der Waals surface area (Å²) >= 11 is 6.77. The Morgan fingerprint density at radius 1 is 1.08 bits per heavy atom. The van der Waals surface area contributed by atoms with Crippen LogP contribution in [0.5, 0.6) is 0 Å². The summed E-state index contributed by atoms with van der Waals surface area (Å²) in [5.41, 5.74) is 0.147. The van der Waals surface area contributed by atoms with E-state index in [1.54, 1.807) is 0 Å². The van der Waals surface area contributed by atoms with Crippen LogP contribution in [0.1, 0.15) is 13.8 Å². The van der Waals surface area contributed by atoms with E-state index in [9.17, 15) is 0 Å². The molecular formula is C8H14Br2O2. The van der Waals surface area contributed by atoms with Crippen LogP contribution >= 0.6 is 31.9 Å². The molecule has 0 N–H and O–H groups in total. The van der Waals surface area contributed by atoms with E-state index < -0.39 is 5.79 Å². The van der Waals surface area contributed by atoms with Crippen LogP contribution in [0.4, 0.5) is 0 Å². The molecule has 0 atom stereocenters. The van der Waals surface area contributed by atoms with Gasteiger partial charge in [-0.25, -0.2) is 0 Å². The summed E-state index contributed by atoms with van der Waals surface area (Å²) in [7, 11) is 0. The number of hydrogen-bond acceptors (Lipinski definition) is 2. The molecule has 0 aromatic carbocycles. The van der Waals surface area contributed by atoms with E-state index in [4.69, 9.17) is 9.47 Å². The molecule has 0 spiro atoms. The van der Waals surface area contributed by atoms with Crippen molar-refractivity contribution < 1.29 is 9.47 Å². The quantitative estimate of drug-likeness (QED) is 0.730. The summed E-state index contributed by atoms with van der Waals surface area (Å²) in [6, 6.07) is 0. The third-order valence-corrected chi connectivity index (χ3v) is 3.57. The highest BCUT2D eigenvalue weighted by Crippen LogP contribution is 2.31. The van der Waals surface area contributed by atoms with Gasteiger partial charge in [-0.1, -0.05) is 45.7 Å². The van der Waals surface area contributed by atoms with Gasteiger partial charge in [-0.2, -0.15) is 0 Å². The van der Waals surface area contributed by atoms with Gasteiger partial charge in [0.2, 0.25) is 0 Å². The van der Waals surface area contributed by atoms with E-state index in [2.05, 4.69) is 45.7 Å². The van der Waals surface area contributed by atoms with E-state index in [1.807, 2.05) is 0 Å². The van der Waals surface area contributed by atoms with Crippen LogP contribution in [0.25, 0.3) is 0 Å². The molecule has 12 heavy (non-hydrogen) atoms. The molecule has 1 heterocycles. The van der Waals surface area contributed by atoms with E-state index >= 15 is 0 Å². The van der Waals surface area contributed by atoms with Crippen LogP contribution in [0.15, 0.2) is 0 Å². The molecule has 4 heteroatoms. The Labute approximate surface area is 90.3 Å². The maximum atomic E-state index is 5.66. The molecule has 0 unspecified atom stereocenters.